The molecule has 2 rings (SSSR count). The zero-order chi connectivity index (χ0) is 15.8. The number of halogens is 1. The average molecular weight is 315 g/mol. The topological polar surface area (TPSA) is 74.7 Å². The fraction of sp³-hybridized carbons (Fsp3) is 0.500. The Bertz CT molecular complexity index is 659. The van der Waals surface area contributed by atoms with Gasteiger partial charge in [-0.3, -0.25) is 4.79 Å². The van der Waals surface area contributed by atoms with Crippen molar-refractivity contribution < 1.29 is 22.7 Å². The van der Waals surface area contributed by atoms with E-state index >= 15 is 0 Å². The molecule has 1 fully saturated rings. The van der Waals surface area contributed by atoms with Crippen LogP contribution in [0.4, 0.5) is 4.39 Å². The third-order valence-electron chi connectivity index (χ3n) is 3.85. The molecule has 0 aromatic heterocycles. The number of nitrogens with zero attached hydrogens (tertiary/aromatic N) is 1. The minimum atomic E-state index is -4.01. The molecule has 5 nitrogen and oxygen atoms in total. The molecule has 1 aromatic rings. The summed E-state index contributed by atoms with van der Waals surface area (Å²) in [5.74, 6) is -1.64. The highest BCUT2D eigenvalue weighted by atomic mass is 32.2. The van der Waals surface area contributed by atoms with E-state index in [9.17, 15) is 22.7 Å². The molecule has 2 unspecified atom stereocenters. The quantitative estimate of drug-likeness (QED) is 0.926. The van der Waals surface area contributed by atoms with E-state index < -0.39 is 27.9 Å². The largest absolute Gasteiger partial charge is 0.480 e. The zero-order valence-corrected chi connectivity index (χ0v) is 12.7. The number of aliphatic carboxylic acids is 1. The summed E-state index contributed by atoms with van der Waals surface area (Å²) in [5.41, 5.74) is 0.344. The van der Waals surface area contributed by atoms with Crippen LogP contribution < -0.4 is 0 Å². The van der Waals surface area contributed by atoms with Gasteiger partial charge in [0.05, 0.1) is 4.90 Å². The van der Waals surface area contributed by atoms with Gasteiger partial charge in [-0.2, -0.15) is 4.31 Å². The van der Waals surface area contributed by atoms with Crippen molar-refractivity contribution in [2.45, 2.75) is 37.6 Å². The van der Waals surface area contributed by atoms with Crippen molar-refractivity contribution in [3.05, 3.63) is 29.6 Å². The first-order chi connectivity index (χ1) is 9.73. The van der Waals surface area contributed by atoms with Crippen LogP contribution in [0, 0.1) is 18.7 Å². The molecule has 0 bridgehead atoms. The lowest BCUT2D eigenvalue weighted by Crippen LogP contribution is -2.49. The number of carboxylic acid groups (broad SMARTS) is 1. The molecule has 1 N–H and O–H groups in total. The number of sulfonamides is 1. The lowest BCUT2D eigenvalue weighted by Gasteiger charge is -2.34. The molecular weight excluding hydrogens is 297 g/mol. The molecule has 2 atom stereocenters. The standard InChI is InChI=1S/C14H18FNO4S/c1-9-5-6-16(13(7-9)14(17)18)21(19,20)11-4-3-10(2)12(15)8-11/h3-4,8-9,13H,5-7H2,1-2H3,(H,17,18). The molecule has 116 valence electrons. The molecule has 7 heteroatoms. The number of hydrogen-bond donors (Lipinski definition) is 1. The third kappa shape index (κ3) is 3.08. The van der Waals surface area contributed by atoms with Crippen molar-refractivity contribution >= 4 is 16.0 Å². The minimum Gasteiger partial charge on any atom is -0.480 e. The lowest BCUT2D eigenvalue weighted by molar-refractivity contribution is -0.143. The van der Waals surface area contributed by atoms with Gasteiger partial charge in [0.15, 0.2) is 0 Å². The van der Waals surface area contributed by atoms with E-state index in [0.29, 0.717) is 12.0 Å². The van der Waals surface area contributed by atoms with Crippen molar-refractivity contribution in [3.63, 3.8) is 0 Å². The highest BCUT2D eigenvalue weighted by Crippen LogP contribution is 2.29. The van der Waals surface area contributed by atoms with E-state index in [1.165, 1.54) is 19.1 Å². The molecule has 0 spiro atoms. The summed E-state index contributed by atoms with van der Waals surface area (Å²) in [5, 5.41) is 9.26. The summed E-state index contributed by atoms with van der Waals surface area (Å²) < 4.78 is 39.7. The second-order valence-corrected chi connectivity index (χ2v) is 7.40. The fourth-order valence-electron chi connectivity index (χ4n) is 2.50. The van der Waals surface area contributed by atoms with Gasteiger partial charge in [-0.1, -0.05) is 13.0 Å². The molecule has 0 radical (unpaired) electrons. The van der Waals surface area contributed by atoms with Crippen LogP contribution >= 0.6 is 0 Å². The predicted octanol–water partition coefficient (Wildman–Crippen LogP) is 2.01. The average Bonchev–Trinajstić information content (AvgIpc) is 2.41. The zero-order valence-electron chi connectivity index (χ0n) is 11.9. The van der Waals surface area contributed by atoms with E-state index in [1.807, 2.05) is 6.92 Å². The molecule has 1 heterocycles. The van der Waals surface area contributed by atoms with Gasteiger partial charge in [0, 0.05) is 6.54 Å². The van der Waals surface area contributed by atoms with Crippen LogP contribution in [0.25, 0.3) is 0 Å². The van der Waals surface area contributed by atoms with E-state index in [-0.39, 0.29) is 23.8 Å². The van der Waals surface area contributed by atoms with Gasteiger partial charge in [0.1, 0.15) is 11.9 Å². The predicted molar refractivity (Wildman–Crippen MR) is 74.9 cm³/mol. The van der Waals surface area contributed by atoms with Crippen molar-refractivity contribution in [2.75, 3.05) is 6.54 Å². The Balaban J connectivity index is 2.41. The summed E-state index contributed by atoms with van der Waals surface area (Å²) in [6.45, 7) is 3.57. The summed E-state index contributed by atoms with van der Waals surface area (Å²) >= 11 is 0. The summed E-state index contributed by atoms with van der Waals surface area (Å²) in [4.78, 5) is 11.1. The second-order valence-electron chi connectivity index (χ2n) is 5.51. The van der Waals surface area contributed by atoms with Crippen LogP contribution in [0.1, 0.15) is 25.3 Å². The van der Waals surface area contributed by atoms with Crippen LogP contribution in [-0.4, -0.2) is 36.4 Å². The monoisotopic (exact) mass is 315 g/mol. The summed E-state index contributed by atoms with van der Waals surface area (Å²) in [7, 11) is -4.01. The Labute approximate surface area is 123 Å². The molecule has 0 amide bonds. The van der Waals surface area contributed by atoms with Crippen molar-refractivity contribution in [1.82, 2.24) is 4.31 Å². The number of piperidine rings is 1. The lowest BCUT2D eigenvalue weighted by atomic mass is 9.94. The van der Waals surface area contributed by atoms with Gasteiger partial charge >= 0.3 is 5.97 Å². The van der Waals surface area contributed by atoms with Crippen LogP contribution in [0.5, 0.6) is 0 Å². The van der Waals surface area contributed by atoms with E-state index in [4.69, 9.17) is 0 Å². The highest BCUT2D eigenvalue weighted by molar-refractivity contribution is 7.89. The summed E-state index contributed by atoms with van der Waals surface area (Å²) in [6.07, 6.45) is 0.861. The minimum absolute atomic E-state index is 0.135. The number of carboxylic acids is 1. The Kier molecular flexibility index (Phi) is 4.34. The Morgan fingerprint density at radius 3 is 2.67 bits per heavy atom. The molecule has 0 aliphatic carbocycles. The molecule has 1 aromatic carbocycles. The van der Waals surface area contributed by atoms with Gasteiger partial charge in [-0.25, -0.2) is 12.8 Å². The third-order valence-corrected chi connectivity index (χ3v) is 5.75. The molecule has 21 heavy (non-hydrogen) atoms. The fourth-order valence-corrected chi connectivity index (χ4v) is 4.12. The first kappa shape index (κ1) is 15.9. The van der Waals surface area contributed by atoms with Gasteiger partial charge in [-0.15, -0.1) is 0 Å². The van der Waals surface area contributed by atoms with Gasteiger partial charge in [0.25, 0.3) is 0 Å². The Hall–Kier alpha value is -1.47. The number of rotatable bonds is 3. The van der Waals surface area contributed by atoms with Crippen molar-refractivity contribution in [1.29, 1.82) is 0 Å². The number of carbonyl (C=O) groups is 1. The van der Waals surface area contributed by atoms with Crippen molar-refractivity contribution in [2.24, 2.45) is 5.92 Å². The highest BCUT2D eigenvalue weighted by Gasteiger charge is 2.39. The number of aryl methyl sites for hydroxylation is 1. The first-order valence-corrected chi connectivity index (χ1v) is 8.18. The SMILES string of the molecule is Cc1ccc(S(=O)(=O)N2CCC(C)CC2C(=O)O)cc1F. The second kappa shape index (κ2) is 5.73. The van der Waals surface area contributed by atoms with Crippen LogP contribution in [0.3, 0.4) is 0 Å². The molecule has 1 saturated heterocycles. The maximum atomic E-state index is 13.6. The van der Waals surface area contributed by atoms with E-state index in [0.717, 1.165) is 10.4 Å². The van der Waals surface area contributed by atoms with Crippen molar-refractivity contribution in [3.8, 4) is 0 Å². The first-order valence-electron chi connectivity index (χ1n) is 6.74. The molecule has 0 saturated carbocycles. The van der Waals surface area contributed by atoms with Crippen LogP contribution in [0.2, 0.25) is 0 Å². The Morgan fingerprint density at radius 1 is 1.43 bits per heavy atom. The van der Waals surface area contributed by atoms with Gasteiger partial charge in [-0.05, 0) is 43.4 Å². The van der Waals surface area contributed by atoms with Gasteiger partial charge < -0.3 is 5.11 Å². The van der Waals surface area contributed by atoms with Gasteiger partial charge in [0.2, 0.25) is 10.0 Å². The number of benzene rings is 1. The normalized spacial score (nSPS) is 24.0. The maximum absolute atomic E-state index is 13.6. The number of hydrogen-bond acceptors (Lipinski definition) is 3. The van der Waals surface area contributed by atoms with Crippen LogP contribution in [0.15, 0.2) is 23.1 Å². The molecular formula is C14H18FNO4S. The maximum Gasteiger partial charge on any atom is 0.322 e. The van der Waals surface area contributed by atoms with Crippen LogP contribution in [-0.2, 0) is 14.8 Å². The van der Waals surface area contributed by atoms with E-state index in [2.05, 4.69) is 0 Å². The summed E-state index contributed by atoms with van der Waals surface area (Å²) in [6, 6.07) is 2.54. The smallest absolute Gasteiger partial charge is 0.322 e. The molecule has 1 aliphatic rings. The Morgan fingerprint density at radius 2 is 2.10 bits per heavy atom. The van der Waals surface area contributed by atoms with E-state index in [1.54, 1.807) is 0 Å². The molecule has 1 aliphatic heterocycles.